The van der Waals surface area contributed by atoms with Gasteiger partial charge in [0.25, 0.3) is 0 Å². The zero-order valence-electron chi connectivity index (χ0n) is 9.73. The summed E-state index contributed by atoms with van der Waals surface area (Å²) in [5.74, 6) is 0.925. The minimum Gasteiger partial charge on any atom is -0.294 e. The Morgan fingerprint density at radius 2 is 2.24 bits per heavy atom. The Bertz CT molecular complexity index is 489. The summed E-state index contributed by atoms with van der Waals surface area (Å²) in [5.41, 5.74) is 3.06. The van der Waals surface area contributed by atoms with Crippen molar-refractivity contribution in [2.24, 2.45) is 0 Å². The third kappa shape index (κ3) is 3.07. The molecular formula is C14H14O2S. The summed E-state index contributed by atoms with van der Waals surface area (Å²) < 4.78 is 0. The molecule has 1 aromatic carbocycles. The predicted octanol–water partition coefficient (Wildman–Crippen LogP) is 3.11. The first-order valence-corrected chi connectivity index (χ1v) is 6.61. The van der Waals surface area contributed by atoms with Gasteiger partial charge in [0, 0.05) is 24.7 Å². The molecule has 0 aliphatic heterocycles. The van der Waals surface area contributed by atoms with E-state index in [1.807, 2.05) is 30.4 Å². The minimum atomic E-state index is 0.124. The molecule has 2 rings (SSSR count). The van der Waals surface area contributed by atoms with Gasteiger partial charge in [-0.3, -0.25) is 9.59 Å². The van der Waals surface area contributed by atoms with Crippen LogP contribution in [-0.4, -0.2) is 16.7 Å². The van der Waals surface area contributed by atoms with Gasteiger partial charge in [-0.25, -0.2) is 0 Å². The molecule has 1 aromatic rings. The number of rotatable bonds is 3. The Labute approximate surface area is 105 Å². The Kier molecular flexibility index (Phi) is 3.79. The number of hydrogen-bond acceptors (Lipinski definition) is 3. The third-order valence-corrected chi connectivity index (χ3v) is 3.51. The van der Waals surface area contributed by atoms with Crippen LogP contribution in [0.2, 0.25) is 0 Å². The number of fused-ring (bicyclic) bond motifs is 1. The number of ketones is 1. The number of thioether (sulfide) groups is 1. The van der Waals surface area contributed by atoms with E-state index >= 15 is 0 Å². The zero-order valence-corrected chi connectivity index (χ0v) is 10.5. The average molecular weight is 246 g/mol. The number of carbonyl (C=O) groups excluding carboxylic acids is 2. The molecule has 1 aliphatic carbocycles. The monoisotopic (exact) mass is 246 g/mol. The molecule has 0 spiro atoms. The van der Waals surface area contributed by atoms with Gasteiger partial charge >= 0.3 is 0 Å². The van der Waals surface area contributed by atoms with Gasteiger partial charge in [0.15, 0.2) is 10.9 Å². The first-order chi connectivity index (χ1) is 8.16. The number of hydrogen-bond donors (Lipinski definition) is 0. The van der Waals surface area contributed by atoms with Crippen LogP contribution in [0.4, 0.5) is 0 Å². The van der Waals surface area contributed by atoms with Crippen LogP contribution in [-0.2, 0) is 11.2 Å². The molecule has 3 heteroatoms. The minimum absolute atomic E-state index is 0.124. The van der Waals surface area contributed by atoms with Gasteiger partial charge in [-0.05, 0) is 23.6 Å². The second-order valence-electron chi connectivity index (χ2n) is 4.04. The normalized spacial score (nSPS) is 14.3. The van der Waals surface area contributed by atoms with Crippen LogP contribution in [0.1, 0.15) is 34.8 Å². The Balaban J connectivity index is 2.05. The Morgan fingerprint density at radius 3 is 3.00 bits per heavy atom. The van der Waals surface area contributed by atoms with Gasteiger partial charge in [0.2, 0.25) is 0 Å². The molecule has 0 fully saturated rings. The molecule has 2 nitrogen and oxygen atoms in total. The summed E-state index contributed by atoms with van der Waals surface area (Å²) in [6.45, 7) is 1.56. The first kappa shape index (κ1) is 12.1. The van der Waals surface area contributed by atoms with Gasteiger partial charge in [0.05, 0.1) is 0 Å². The van der Waals surface area contributed by atoms with E-state index in [0.29, 0.717) is 12.2 Å². The molecule has 0 unspecified atom stereocenters. The zero-order chi connectivity index (χ0) is 12.3. The number of carbonyl (C=O) groups is 2. The van der Waals surface area contributed by atoms with E-state index in [9.17, 15) is 9.59 Å². The maximum absolute atomic E-state index is 11.6. The fourth-order valence-electron chi connectivity index (χ4n) is 1.91. The highest BCUT2D eigenvalue weighted by Gasteiger charge is 2.18. The predicted molar refractivity (Wildman–Crippen MR) is 71.3 cm³/mol. The van der Waals surface area contributed by atoms with Crippen LogP contribution in [0, 0.1) is 0 Å². The van der Waals surface area contributed by atoms with Crippen molar-refractivity contribution in [1.82, 2.24) is 0 Å². The largest absolute Gasteiger partial charge is 0.294 e. The first-order valence-electron chi connectivity index (χ1n) is 5.63. The molecule has 0 heterocycles. The Morgan fingerprint density at radius 1 is 1.41 bits per heavy atom. The van der Waals surface area contributed by atoms with Crippen molar-refractivity contribution in [3.63, 3.8) is 0 Å². The Hall–Kier alpha value is -1.35. The van der Waals surface area contributed by atoms with E-state index in [1.54, 1.807) is 6.92 Å². The molecule has 0 radical (unpaired) electrons. The summed E-state index contributed by atoms with van der Waals surface area (Å²) in [7, 11) is 0. The highest BCUT2D eigenvalue weighted by molar-refractivity contribution is 8.13. The molecule has 0 bridgehead atoms. The van der Waals surface area contributed by atoms with Crippen molar-refractivity contribution in [3.05, 3.63) is 41.0 Å². The molecule has 0 saturated carbocycles. The molecule has 0 saturated heterocycles. The van der Waals surface area contributed by atoms with Crippen molar-refractivity contribution < 1.29 is 9.59 Å². The van der Waals surface area contributed by atoms with Gasteiger partial charge in [-0.1, -0.05) is 36.0 Å². The molecular weight excluding hydrogens is 232 g/mol. The second-order valence-corrected chi connectivity index (χ2v) is 5.24. The standard InChI is InChI=1S/C14H14O2S/c1-10(15)17-8-2-3-11-4-5-12-6-7-14(16)13(12)9-11/h2-5,9H,6-8H2,1H3. The molecule has 0 atom stereocenters. The SMILES string of the molecule is CC(=O)SCC=Cc1ccc2c(c1)C(=O)CC2. The lowest BCUT2D eigenvalue weighted by molar-refractivity contribution is -0.109. The summed E-state index contributed by atoms with van der Waals surface area (Å²) in [6, 6.07) is 5.99. The summed E-state index contributed by atoms with van der Waals surface area (Å²) in [6.07, 6.45) is 5.43. The van der Waals surface area contributed by atoms with E-state index in [-0.39, 0.29) is 10.9 Å². The van der Waals surface area contributed by atoms with Crippen molar-refractivity contribution in [3.8, 4) is 0 Å². The smallest absolute Gasteiger partial charge is 0.186 e. The van der Waals surface area contributed by atoms with E-state index in [1.165, 1.54) is 11.8 Å². The van der Waals surface area contributed by atoms with Crippen molar-refractivity contribution in [1.29, 1.82) is 0 Å². The fourth-order valence-corrected chi connectivity index (χ4v) is 2.34. The average Bonchev–Trinajstić information content (AvgIpc) is 2.66. The van der Waals surface area contributed by atoms with Crippen LogP contribution in [0.25, 0.3) is 6.08 Å². The third-order valence-electron chi connectivity index (χ3n) is 2.75. The van der Waals surface area contributed by atoms with Gasteiger partial charge in [0.1, 0.15) is 0 Å². The summed E-state index contributed by atoms with van der Waals surface area (Å²) >= 11 is 1.28. The highest BCUT2D eigenvalue weighted by Crippen LogP contribution is 2.23. The lowest BCUT2D eigenvalue weighted by atomic mass is 10.1. The molecule has 0 N–H and O–H groups in total. The van der Waals surface area contributed by atoms with Crippen LogP contribution < -0.4 is 0 Å². The van der Waals surface area contributed by atoms with Crippen LogP contribution in [0.5, 0.6) is 0 Å². The molecule has 17 heavy (non-hydrogen) atoms. The van der Waals surface area contributed by atoms with Gasteiger partial charge in [-0.2, -0.15) is 0 Å². The lowest BCUT2D eigenvalue weighted by Gasteiger charge is -1.99. The number of aryl methyl sites for hydroxylation is 1. The number of Topliss-reactive ketones (excluding diaryl/α,β-unsaturated/α-hetero) is 1. The van der Waals surface area contributed by atoms with Crippen molar-refractivity contribution in [2.45, 2.75) is 19.8 Å². The molecule has 1 aliphatic rings. The second kappa shape index (κ2) is 5.32. The van der Waals surface area contributed by atoms with Gasteiger partial charge in [-0.15, -0.1) is 0 Å². The van der Waals surface area contributed by atoms with E-state index < -0.39 is 0 Å². The molecule has 0 aromatic heterocycles. The number of benzene rings is 1. The maximum atomic E-state index is 11.6. The summed E-state index contributed by atoms with van der Waals surface area (Å²) in [5, 5.41) is 0.124. The highest BCUT2D eigenvalue weighted by atomic mass is 32.2. The molecule has 88 valence electrons. The van der Waals surface area contributed by atoms with Crippen molar-refractivity contribution in [2.75, 3.05) is 5.75 Å². The van der Waals surface area contributed by atoms with Crippen LogP contribution in [0.3, 0.4) is 0 Å². The van der Waals surface area contributed by atoms with Gasteiger partial charge < -0.3 is 0 Å². The fraction of sp³-hybridized carbons (Fsp3) is 0.286. The van der Waals surface area contributed by atoms with E-state index in [2.05, 4.69) is 0 Å². The molecule has 0 amide bonds. The van der Waals surface area contributed by atoms with E-state index in [4.69, 9.17) is 0 Å². The van der Waals surface area contributed by atoms with Crippen LogP contribution in [0.15, 0.2) is 24.3 Å². The summed E-state index contributed by atoms with van der Waals surface area (Å²) in [4.78, 5) is 22.3. The van der Waals surface area contributed by atoms with E-state index in [0.717, 1.165) is 23.1 Å². The quantitative estimate of drug-likeness (QED) is 0.821. The lowest BCUT2D eigenvalue weighted by Crippen LogP contribution is -1.91. The topological polar surface area (TPSA) is 34.1 Å². The van der Waals surface area contributed by atoms with Crippen molar-refractivity contribution >= 4 is 28.7 Å². The van der Waals surface area contributed by atoms with Crippen LogP contribution >= 0.6 is 11.8 Å². The maximum Gasteiger partial charge on any atom is 0.186 e.